The Bertz CT molecular complexity index is 575. The Labute approximate surface area is 151 Å². The van der Waals surface area contributed by atoms with Crippen LogP contribution in [0.1, 0.15) is 43.9 Å². The van der Waals surface area contributed by atoms with E-state index in [0.29, 0.717) is 13.0 Å². The number of carbonyl (C=O) groups excluding carboxylic acids is 1. The molecule has 5 nitrogen and oxygen atoms in total. The molecule has 138 valence electrons. The van der Waals surface area contributed by atoms with Crippen molar-refractivity contribution < 1.29 is 9.53 Å². The third kappa shape index (κ3) is 4.59. The number of amides is 1. The first kappa shape index (κ1) is 18.3. The van der Waals surface area contributed by atoms with Crippen LogP contribution < -0.4 is 0 Å². The molecule has 0 N–H and O–H groups in total. The molecule has 0 aliphatic carbocycles. The van der Waals surface area contributed by atoms with Crippen LogP contribution in [0.5, 0.6) is 0 Å². The summed E-state index contributed by atoms with van der Waals surface area (Å²) in [5, 5.41) is 0. The molecule has 25 heavy (non-hydrogen) atoms. The number of piperidine rings is 2. The minimum absolute atomic E-state index is 0.253. The van der Waals surface area contributed by atoms with E-state index in [4.69, 9.17) is 4.74 Å². The fraction of sp³-hybridized carbons (Fsp3) is 0.700. The summed E-state index contributed by atoms with van der Waals surface area (Å²) in [6.07, 6.45) is 7.17. The van der Waals surface area contributed by atoms with Crippen molar-refractivity contribution in [3.05, 3.63) is 29.6 Å². The topological polar surface area (TPSA) is 45.7 Å². The molecule has 1 aromatic rings. The summed E-state index contributed by atoms with van der Waals surface area (Å²) in [5.74, 6) is 0.289. The van der Waals surface area contributed by atoms with Crippen molar-refractivity contribution in [1.29, 1.82) is 0 Å². The standard InChI is InChI=1S/C20H31N3O2/c1-3-17-5-6-18(21-13-17)14-22-10-4-8-20(15-22)9-7-19(24)23(16-20)11-12-25-2/h5-6,13H,3-4,7-12,14-16H2,1-2H3/t20-/m0/s1. The van der Waals surface area contributed by atoms with Gasteiger partial charge in [0, 0.05) is 51.3 Å². The Kier molecular flexibility index (Phi) is 6.07. The monoisotopic (exact) mass is 345 g/mol. The minimum Gasteiger partial charge on any atom is -0.383 e. The zero-order valence-electron chi connectivity index (χ0n) is 15.7. The van der Waals surface area contributed by atoms with Gasteiger partial charge in [0.2, 0.25) is 5.91 Å². The summed E-state index contributed by atoms with van der Waals surface area (Å²) < 4.78 is 5.18. The lowest BCUT2D eigenvalue weighted by molar-refractivity contribution is -0.140. The van der Waals surface area contributed by atoms with Crippen molar-refractivity contribution in [2.24, 2.45) is 5.41 Å². The Morgan fingerprint density at radius 2 is 2.16 bits per heavy atom. The van der Waals surface area contributed by atoms with Crippen molar-refractivity contribution in [3.8, 4) is 0 Å². The average Bonchev–Trinajstić information content (AvgIpc) is 2.64. The molecule has 0 bridgehead atoms. The van der Waals surface area contributed by atoms with E-state index in [0.717, 1.165) is 51.3 Å². The van der Waals surface area contributed by atoms with Gasteiger partial charge in [-0.1, -0.05) is 13.0 Å². The number of hydrogen-bond acceptors (Lipinski definition) is 4. The number of ether oxygens (including phenoxy) is 1. The van der Waals surface area contributed by atoms with Crippen LogP contribution in [0.3, 0.4) is 0 Å². The number of likely N-dealkylation sites (tertiary alicyclic amines) is 2. The molecule has 2 aliphatic rings. The molecule has 0 saturated carbocycles. The predicted molar refractivity (Wildman–Crippen MR) is 98.2 cm³/mol. The van der Waals surface area contributed by atoms with Crippen LogP contribution in [0.4, 0.5) is 0 Å². The fourth-order valence-corrected chi connectivity index (χ4v) is 4.27. The first-order valence-corrected chi connectivity index (χ1v) is 9.57. The average molecular weight is 345 g/mol. The molecule has 2 saturated heterocycles. The molecule has 0 aromatic carbocycles. The highest BCUT2D eigenvalue weighted by Crippen LogP contribution is 2.39. The van der Waals surface area contributed by atoms with Crippen LogP contribution in [0.2, 0.25) is 0 Å². The molecule has 3 heterocycles. The lowest BCUT2D eigenvalue weighted by atomic mass is 9.73. The molecular weight excluding hydrogens is 314 g/mol. The van der Waals surface area contributed by atoms with E-state index in [-0.39, 0.29) is 11.3 Å². The van der Waals surface area contributed by atoms with Gasteiger partial charge in [-0.15, -0.1) is 0 Å². The van der Waals surface area contributed by atoms with Gasteiger partial charge in [0.25, 0.3) is 0 Å². The maximum atomic E-state index is 12.2. The summed E-state index contributed by atoms with van der Waals surface area (Å²) in [5.41, 5.74) is 2.69. The van der Waals surface area contributed by atoms with Gasteiger partial charge in [-0.05, 0) is 43.9 Å². The van der Waals surface area contributed by atoms with E-state index in [1.807, 2.05) is 11.1 Å². The molecule has 3 rings (SSSR count). The van der Waals surface area contributed by atoms with E-state index >= 15 is 0 Å². The van der Waals surface area contributed by atoms with Gasteiger partial charge in [0.05, 0.1) is 12.3 Å². The number of pyridine rings is 1. The van der Waals surface area contributed by atoms with Gasteiger partial charge in [-0.2, -0.15) is 0 Å². The van der Waals surface area contributed by atoms with E-state index < -0.39 is 0 Å². The fourth-order valence-electron chi connectivity index (χ4n) is 4.27. The molecule has 1 spiro atoms. The molecule has 1 aromatic heterocycles. The number of aromatic nitrogens is 1. The predicted octanol–water partition coefficient (Wildman–Crippen LogP) is 2.50. The van der Waals surface area contributed by atoms with Crippen molar-refractivity contribution in [1.82, 2.24) is 14.8 Å². The normalized spacial score (nSPS) is 24.9. The van der Waals surface area contributed by atoms with E-state index in [9.17, 15) is 4.79 Å². The van der Waals surface area contributed by atoms with E-state index in [1.54, 1.807) is 7.11 Å². The number of hydrogen-bond donors (Lipinski definition) is 0. The second kappa shape index (κ2) is 8.28. The van der Waals surface area contributed by atoms with Crippen molar-refractivity contribution in [3.63, 3.8) is 0 Å². The molecule has 2 aliphatic heterocycles. The largest absolute Gasteiger partial charge is 0.383 e. The van der Waals surface area contributed by atoms with Gasteiger partial charge in [0.15, 0.2) is 0 Å². The van der Waals surface area contributed by atoms with Crippen molar-refractivity contribution >= 4 is 5.91 Å². The molecule has 0 unspecified atom stereocenters. The Morgan fingerprint density at radius 1 is 1.28 bits per heavy atom. The highest BCUT2D eigenvalue weighted by Gasteiger charge is 2.41. The van der Waals surface area contributed by atoms with Crippen LogP contribution in [-0.4, -0.2) is 60.6 Å². The van der Waals surface area contributed by atoms with Gasteiger partial charge < -0.3 is 9.64 Å². The number of rotatable bonds is 6. The number of methoxy groups -OCH3 is 1. The zero-order valence-corrected chi connectivity index (χ0v) is 15.7. The number of aryl methyl sites for hydroxylation is 1. The van der Waals surface area contributed by atoms with Crippen LogP contribution in [-0.2, 0) is 22.5 Å². The zero-order chi connectivity index (χ0) is 17.7. The SMILES string of the molecule is CCc1ccc(CN2CCC[C@]3(CCC(=O)N(CCOC)C3)C2)nc1. The second-order valence-electron chi connectivity index (χ2n) is 7.63. The Morgan fingerprint density at radius 3 is 2.88 bits per heavy atom. The van der Waals surface area contributed by atoms with Crippen LogP contribution >= 0.6 is 0 Å². The quantitative estimate of drug-likeness (QED) is 0.795. The molecule has 0 radical (unpaired) electrons. The second-order valence-corrected chi connectivity index (χ2v) is 7.63. The van der Waals surface area contributed by atoms with Gasteiger partial charge in [-0.3, -0.25) is 14.7 Å². The maximum absolute atomic E-state index is 12.2. The number of carbonyl (C=O) groups is 1. The van der Waals surface area contributed by atoms with Crippen molar-refractivity contribution in [2.45, 2.75) is 45.6 Å². The molecule has 2 fully saturated rings. The van der Waals surface area contributed by atoms with Crippen LogP contribution in [0.25, 0.3) is 0 Å². The third-order valence-corrected chi connectivity index (χ3v) is 5.73. The third-order valence-electron chi connectivity index (χ3n) is 5.73. The summed E-state index contributed by atoms with van der Waals surface area (Å²) in [6.45, 7) is 7.50. The lowest BCUT2D eigenvalue weighted by Gasteiger charge is -2.48. The Hall–Kier alpha value is -1.46. The van der Waals surface area contributed by atoms with Gasteiger partial charge in [-0.25, -0.2) is 0 Å². The molecular formula is C20H31N3O2. The van der Waals surface area contributed by atoms with E-state index in [2.05, 4.69) is 28.9 Å². The Balaban J connectivity index is 1.62. The first-order valence-electron chi connectivity index (χ1n) is 9.57. The molecule has 1 atom stereocenters. The summed E-state index contributed by atoms with van der Waals surface area (Å²) in [6, 6.07) is 4.35. The molecule has 5 heteroatoms. The highest BCUT2D eigenvalue weighted by molar-refractivity contribution is 5.77. The van der Waals surface area contributed by atoms with E-state index in [1.165, 1.54) is 18.4 Å². The minimum atomic E-state index is 0.253. The van der Waals surface area contributed by atoms with Crippen LogP contribution in [0.15, 0.2) is 18.3 Å². The highest BCUT2D eigenvalue weighted by atomic mass is 16.5. The summed E-state index contributed by atoms with van der Waals surface area (Å²) >= 11 is 0. The summed E-state index contributed by atoms with van der Waals surface area (Å²) in [7, 11) is 1.70. The summed E-state index contributed by atoms with van der Waals surface area (Å²) in [4.78, 5) is 21.4. The van der Waals surface area contributed by atoms with Crippen molar-refractivity contribution in [2.75, 3.05) is 39.9 Å². The molecule has 1 amide bonds. The number of nitrogens with zero attached hydrogens (tertiary/aromatic N) is 3. The first-order chi connectivity index (χ1) is 12.1. The maximum Gasteiger partial charge on any atom is 0.222 e. The van der Waals surface area contributed by atoms with Crippen LogP contribution in [0, 0.1) is 5.41 Å². The smallest absolute Gasteiger partial charge is 0.222 e. The lowest BCUT2D eigenvalue weighted by Crippen LogP contribution is -2.54. The van der Waals surface area contributed by atoms with Gasteiger partial charge >= 0.3 is 0 Å². The van der Waals surface area contributed by atoms with Gasteiger partial charge in [0.1, 0.15) is 0 Å².